The molecule has 0 aromatic rings. The van der Waals surface area contributed by atoms with E-state index in [-0.39, 0.29) is 6.54 Å². The Morgan fingerprint density at radius 1 is 1.44 bits per heavy atom. The van der Waals surface area contributed by atoms with Crippen molar-refractivity contribution in [2.75, 3.05) is 13.1 Å². The van der Waals surface area contributed by atoms with Crippen molar-refractivity contribution < 1.29 is 22.8 Å². The van der Waals surface area contributed by atoms with E-state index < -0.39 is 30.7 Å². The van der Waals surface area contributed by atoms with Crippen LogP contribution in [0, 0.1) is 0 Å². The van der Waals surface area contributed by atoms with Crippen molar-refractivity contribution in [3.63, 3.8) is 0 Å². The van der Waals surface area contributed by atoms with Gasteiger partial charge in [-0.2, -0.15) is 13.2 Å². The quantitative estimate of drug-likeness (QED) is 0.722. The summed E-state index contributed by atoms with van der Waals surface area (Å²) >= 11 is 0. The predicted molar refractivity (Wildman–Crippen MR) is 48.4 cm³/mol. The molecular weight excluding hydrogens is 227 g/mol. The Hall–Kier alpha value is -1.47. The normalized spacial score (nSPS) is 20.9. The molecule has 1 saturated heterocycles. The highest BCUT2D eigenvalue weighted by molar-refractivity contribution is 5.86. The highest BCUT2D eigenvalue weighted by atomic mass is 19.4. The predicted octanol–water partition coefficient (Wildman–Crippen LogP) is 0.208. The van der Waals surface area contributed by atoms with E-state index in [0.717, 1.165) is 4.90 Å². The average molecular weight is 239 g/mol. The van der Waals surface area contributed by atoms with Crippen LogP contribution in [0.4, 0.5) is 18.0 Å². The Kier molecular flexibility index (Phi) is 3.61. The molecule has 0 aliphatic carbocycles. The third-order valence-corrected chi connectivity index (χ3v) is 2.28. The van der Waals surface area contributed by atoms with Gasteiger partial charge in [0.05, 0.1) is 0 Å². The van der Waals surface area contributed by atoms with Gasteiger partial charge in [-0.05, 0) is 12.8 Å². The summed E-state index contributed by atoms with van der Waals surface area (Å²) in [6, 6.07) is -1.70. The van der Waals surface area contributed by atoms with E-state index >= 15 is 0 Å². The number of halogens is 3. The molecular formula is C8H12F3N3O2. The molecule has 5 nitrogen and oxygen atoms in total. The van der Waals surface area contributed by atoms with Gasteiger partial charge in [0, 0.05) is 6.54 Å². The number of hydrogen-bond acceptors (Lipinski definition) is 2. The first kappa shape index (κ1) is 12.6. The molecule has 1 unspecified atom stereocenters. The summed E-state index contributed by atoms with van der Waals surface area (Å²) in [5.74, 6) is -0.695. The van der Waals surface area contributed by atoms with E-state index in [2.05, 4.69) is 0 Å². The Morgan fingerprint density at radius 3 is 2.56 bits per heavy atom. The van der Waals surface area contributed by atoms with Gasteiger partial charge in [-0.3, -0.25) is 4.79 Å². The second-order valence-corrected chi connectivity index (χ2v) is 3.53. The standard InChI is InChI=1S/C8H12F3N3O2/c9-8(10,11)4-13-7(16)14-3-1-2-5(14)6(12)15/h5H,1-4H2,(H2,12,15)(H,13,16). The zero-order valence-corrected chi connectivity index (χ0v) is 8.38. The molecule has 1 aliphatic rings. The zero-order chi connectivity index (χ0) is 12.3. The third-order valence-electron chi connectivity index (χ3n) is 2.28. The van der Waals surface area contributed by atoms with Gasteiger partial charge in [-0.25, -0.2) is 4.79 Å². The number of nitrogens with zero attached hydrogens (tertiary/aromatic N) is 1. The number of urea groups is 1. The van der Waals surface area contributed by atoms with Crippen molar-refractivity contribution in [3.05, 3.63) is 0 Å². The molecule has 3 amide bonds. The summed E-state index contributed by atoms with van der Waals surface area (Å²) in [5.41, 5.74) is 5.03. The van der Waals surface area contributed by atoms with E-state index in [1.54, 1.807) is 5.32 Å². The minimum Gasteiger partial charge on any atom is -0.368 e. The van der Waals surface area contributed by atoms with Crippen LogP contribution in [0.5, 0.6) is 0 Å². The lowest BCUT2D eigenvalue weighted by atomic mass is 10.2. The van der Waals surface area contributed by atoms with Gasteiger partial charge >= 0.3 is 12.2 Å². The molecule has 1 atom stereocenters. The first-order valence-corrected chi connectivity index (χ1v) is 4.72. The van der Waals surface area contributed by atoms with Crippen molar-refractivity contribution in [1.82, 2.24) is 10.2 Å². The van der Waals surface area contributed by atoms with E-state index in [1.165, 1.54) is 0 Å². The maximum atomic E-state index is 11.8. The number of carbonyl (C=O) groups is 2. The van der Waals surface area contributed by atoms with E-state index in [9.17, 15) is 22.8 Å². The summed E-state index contributed by atoms with van der Waals surface area (Å²) in [7, 11) is 0. The van der Waals surface area contributed by atoms with Crippen molar-refractivity contribution in [1.29, 1.82) is 0 Å². The summed E-state index contributed by atoms with van der Waals surface area (Å²) in [6.45, 7) is -1.16. The first-order chi connectivity index (χ1) is 7.31. The van der Waals surface area contributed by atoms with Crippen molar-refractivity contribution in [2.24, 2.45) is 5.73 Å². The molecule has 0 aromatic carbocycles. The monoisotopic (exact) mass is 239 g/mol. The molecule has 0 saturated carbocycles. The molecule has 92 valence electrons. The summed E-state index contributed by atoms with van der Waals surface area (Å²) in [6.07, 6.45) is -3.50. The van der Waals surface area contributed by atoms with Crippen LogP contribution in [0.25, 0.3) is 0 Å². The number of alkyl halides is 3. The van der Waals surface area contributed by atoms with Gasteiger partial charge in [-0.1, -0.05) is 0 Å². The molecule has 1 aliphatic heterocycles. The van der Waals surface area contributed by atoms with Gasteiger partial charge in [-0.15, -0.1) is 0 Å². The molecule has 1 heterocycles. The number of likely N-dealkylation sites (tertiary alicyclic amines) is 1. The second-order valence-electron chi connectivity index (χ2n) is 3.53. The van der Waals surface area contributed by atoms with E-state index in [4.69, 9.17) is 5.73 Å². The van der Waals surface area contributed by atoms with Gasteiger partial charge in [0.15, 0.2) is 0 Å². The van der Waals surface area contributed by atoms with Crippen LogP contribution in [0.2, 0.25) is 0 Å². The van der Waals surface area contributed by atoms with Crippen LogP contribution in [-0.2, 0) is 4.79 Å². The van der Waals surface area contributed by atoms with Crippen LogP contribution in [0.15, 0.2) is 0 Å². The lowest BCUT2D eigenvalue weighted by Gasteiger charge is -2.22. The molecule has 1 fully saturated rings. The molecule has 1 rings (SSSR count). The summed E-state index contributed by atoms with van der Waals surface area (Å²) < 4.78 is 35.5. The SMILES string of the molecule is NC(=O)C1CCCN1C(=O)NCC(F)(F)F. The number of nitrogens with one attached hydrogen (secondary N) is 1. The minimum absolute atomic E-state index is 0.247. The lowest BCUT2D eigenvalue weighted by Crippen LogP contribution is -2.49. The topological polar surface area (TPSA) is 75.4 Å². The highest BCUT2D eigenvalue weighted by Gasteiger charge is 2.35. The lowest BCUT2D eigenvalue weighted by molar-refractivity contribution is -0.123. The molecule has 16 heavy (non-hydrogen) atoms. The summed E-state index contributed by atoms with van der Waals surface area (Å²) in [4.78, 5) is 23.2. The van der Waals surface area contributed by atoms with Crippen LogP contribution in [0.1, 0.15) is 12.8 Å². The fourth-order valence-electron chi connectivity index (χ4n) is 1.58. The van der Waals surface area contributed by atoms with Crippen LogP contribution >= 0.6 is 0 Å². The molecule has 3 N–H and O–H groups in total. The van der Waals surface area contributed by atoms with Crippen LogP contribution in [-0.4, -0.2) is 42.1 Å². The number of rotatable bonds is 2. The number of primary amides is 1. The Labute approximate surface area is 89.8 Å². The maximum absolute atomic E-state index is 11.8. The molecule has 0 spiro atoms. The number of amides is 3. The van der Waals surface area contributed by atoms with Crippen LogP contribution < -0.4 is 11.1 Å². The van der Waals surface area contributed by atoms with Gasteiger partial charge in [0.2, 0.25) is 5.91 Å². The Morgan fingerprint density at radius 2 is 2.06 bits per heavy atom. The molecule has 0 bridgehead atoms. The maximum Gasteiger partial charge on any atom is 0.405 e. The highest BCUT2D eigenvalue weighted by Crippen LogP contribution is 2.17. The zero-order valence-electron chi connectivity index (χ0n) is 8.38. The smallest absolute Gasteiger partial charge is 0.368 e. The van der Waals surface area contributed by atoms with Crippen LogP contribution in [0.3, 0.4) is 0 Å². The second kappa shape index (κ2) is 4.58. The summed E-state index contributed by atoms with van der Waals surface area (Å²) in [5, 5.41) is 1.70. The molecule has 0 radical (unpaired) electrons. The van der Waals surface area contributed by atoms with Crippen molar-refractivity contribution in [3.8, 4) is 0 Å². The number of hydrogen-bond donors (Lipinski definition) is 2. The minimum atomic E-state index is -4.46. The van der Waals surface area contributed by atoms with E-state index in [1.807, 2.05) is 0 Å². The Balaban J connectivity index is 2.50. The third kappa shape index (κ3) is 3.28. The van der Waals surface area contributed by atoms with Crippen molar-refractivity contribution in [2.45, 2.75) is 25.1 Å². The number of nitrogens with two attached hydrogens (primary N) is 1. The first-order valence-electron chi connectivity index (χ1n) is 4.72. The van der Waals surface area contributed by atoms with E-state index in [0.29, 0.717) is 12.8 Å². The Bertz CT molecular complexity index is 293. The number of carbonyl (C=O) groups excluding carboxylic acids is 2. The largest absolute Gasteiger partial charge is 0.405 e. The molecule has 0 aromatic heterocycles. The van der Waals surface area contributed by atoms with Crippen molar-refractivity contribution >= 4 is 11.9 Å². The van der Waals surface area contributed by atoms with Gasteiger partial charge < -0.3 is 16.0 Å². The molecule has 8 heteroatoms. The van der Waals surface area contributed by atoms with Gasteiger partial charge in [0.25, 0.3) is 0 Å². The van der Waals surface area contributed by atoms with Gasteiger partial charge in [0.1, 0.15) is 12.6 Å². The average Bonchev–Trinajstić information content (AvgIpc) is 2.61. The fourth-order valence-corrected chi connectivity index (χ4v) is 1.58. The fraction of sp³-hybridized carbons (Fsp3) is 0.750.